The quantitative estimate of drug-likeness (QED) is 0.832. The van der Waals surface area contributed by atoms with E-state index in [9.17, 15) is 0 Å². The van der Waals surface area contributed by atoms with Gasteiger partial charge in [-0.15, -0.1) is 11.3 Å². The number of aromatic nitrogens is 2. The molecule has 74 valence electrons. The first-order chi connectivity index (χ1) is 6.81. The average Bonchev–Trinajstić information content (AvgIpc) is 2.74. The highest BCUT2D eigenvalue weighted by Gasteiger charge is 2.05. The maximum Gasteiger partial charge on any atom is 0.0778 e. The van der Waals surface area contributed by atoms with Crippen LogP contribution in [0, 0.1) is 0 Å². The van der Waals surface area contributed by atoms with E-state index in [0.717, 1.165) is 6.54 Å². The molecule has 0 saturated carbocycles. The van der Waals surface area contributed by atoms with Gasteiger partial charge < -0.3 is 5.32 Å². The minimum atomic E-state index is 0.925. The molecule has 0 aromatic carbocycles. The summed E-state index contributed by atoms with van der Waals surface area (Å²) < 4.78 is 1.90. The molecule has 0 atom stereocenters. The van der Waals surface area contributed by atoms with E-state index in [0.29, 0.717) is 0 Å². The molecule has 0 aliphatic rings. The summed E-state index contributed by atoms with van der Waals surface area (Å²) in [6.45, 7) is 0.925. The first kappa shape index (κ1) is 9.43. The fraction of sp³-hybridized carbons (Fsp3) is 0.300. The molecule has 0 fully saturated rings. The molecular weight excluding hydrogens is 194 g/mol. The van der Waals surface area contributed by atoms with Gasteiger partial charge in [-0.05, 0) is 30.1 Å². The first-order valence-electron chi connectivity index (χ1n) is 4.51. The number of nitrogens with zero attached hydrogens (tertiary/aromatic N) is 2. The molecule has 3 nitrogen and oxygen atoms in total. The van der Waals surface area contributed by atoms with Crippen molar-refractivity contribution in [1.82, 2.24) is 15.1 Å². The molecule has 0 spiro atoms. The molecule has 0 aliphatic heterocycles. The molecule has 0 amide bonds. The summed E-state index contributed by atoms with van der Waals surface area (Å²) in [4.78, 5) is 1.27. The molecule has 0 unspecified atom stereocenters. The van der Waals surface area contributed by atoms with Crippen LogP contribution in [0.15, 0.2) is 23.7 Å². The third-order valence-electron chi connectivity index (χ3n) is 2.11. The standard InChI is InChI=1S/C10H13N3S/c1-11-6-8-5-10(14-7-8)9-3-4-12-13(9)2/h3-5,7,11H,6H2,1-2H3. The summed E-state index contributed by atoms with van der Waals surface area (Å²) in [5, 5.41) is 9.48. The Balaban J connectivity index is 2.29. The highest BCUT2D eigenvalue weighted by molar-refractivity contribution is 7.13. The van der Waals surface area contributed by atoms with Crippen LogP contribution in [0.2, 0.25) is 0 Å². The Morgan fingerprint density at radius 3 is 3.07 bits per heavy atom. The Kier molecular flexibility index (Phi) is 2.65. The fourth-order valence-corrected chi connectivity index (χ4v) is 2.39. The van der Waals surface area contributed by atoms with Crippen molar-refractivity contribution in [2.75, 3.05) is 7.05 Å². The molecule has 2 aromatic rings. The van der Waals surface area contributed by atoms with E-state index in [1.54, 1.807) is 11.3 Å². The second kappa shape index (κ2) is 3.94. The lowest BCUT2D eigenvalue weighted by atomic mass is 10.2. The van der Waals surface area contributed by atoms with Crippen molar-refractivity contribution in [3.05, 3.63) is 29.3 Å². The van der Waals surface area contributed by atoms with Gasteiger partial charge in [0.15, 0.2) is 0 Å². The molecule has 0 bridgehead atoms. The molecular formula is C10H13N3S. The Bertz CT molecular complexity index is 416. The van der Waals surface area contributed by atoms with Crippen LogP contribution in [-0.4, -0.2) is 16.8 Å². The van der Waals surface area contributed by atoms with Gasteiger partial charge in [-0.25, -0.2) is 0 Å². The zero-order valence-corrected chi connectivity index (χ0v) is 9.14. The van der Waals surface area contributed by atoms with Crippen LogP contribution in [0.4, 0.5) is 0 Å². The van der Waals surface area contributed by atoms with Crippen LogP contribution in [0.25, 0.3) is 10.6 Å². The number of aryl methyl sites for hydroxylation is 1. The van der Waals surface area contributed by atoms with Crippen molar-refractivity contribution in [2.24, 2.45) is 7.05 Å². The molecule has 4 heteroatoms. The summed E-state index contributed by atoms with van der Waals surface area (Å²) >= 11 is 1.76. The van der Waals surface area contributed by atoms with Crippen molar-refractivity contribution in [1.29, 1.82) is 0 Å². The summed E-state index contributed by atoms with van der Waals surface area (Å²) in [6.07, 6.45) is 1.83. The summed E-state index contributed by atoms with van der Waals surface area (Å²) in [6, 6.07) is 4.24. The van der Waals surface area contributed by atoms with Crippen LogP contribution < -0.4 is 5.32 Å². The van der Waals surface area contributed by atoms with E-state index in [1.807, 2.05) is 31.0 Å². The predicted molar refractivity (Wildman–Crippen MR) is 59.3 cm³/mol. The lowest BCUT2D eigenvalue weighted by molar-refractivity contribution is 0.777. The van der Waals surface area contributed by atoms with E-state index >= 15 is 0 Å². The van der Waals surface area contributed by atoms with Gasteiger partial charge in [-0.1, -0.05) is 0 Å². The van der Waals surface area contributed by atoms with Gasteiger partial charge in [0.05, 0.1) is 10.6 Å². The lowest BCUT2D eigenvalue weighted by Crippen LogP contribution is -2.03. The molecule has 1 N–H and O–H groups in total. The second-order valence-electron chi connectivity index (χ2n) is 3.19. The molecule has 2 aromatic heterocycles. The van der Waals surface area contributed by atoms with Gasteiger partial charge in [0, 0.05) is 19.8 Å². The Morgan fingerprint density at radius 1 is 1.57 bits per heavy atom. The fourth-order valence-electron chi connectivity index (χ4n) is 1.42. The number of nitrogens with one attached hydrogen (secondary N) is 1. The summed E-state index contributed by atoms with van der Waals surface area (Å²) in [5.41, 5.74) is 2.51. The molecule has 2 rings (SSSR count). The Morgan fingerprint density at radius 2 is 2.43 bits per heavy atom. The van der Waals surface area contributed by atoms with Gasteiger partial charge in [0.1, 0.15) is 0 Å². The van der Waals surface area contributed by atoms with Crippen molar-refractivity contribution in [3.63, 3.8) is 0 Å². The molecule has 14 heavy (non-hydrogen) atoms. The van der Waals surface area contributed by atoms with Gasteiger partial charge in [-0.3, -0.25) is 4.68 Å². The van der Waals surface area contributed by atoms with E-state index in [1.165, 1.54) is 16.1 Å². The number of thiophene rings is 1. The lowest BCUT2D eigenvalue weighted by Gasteiger charge is -1.96. The van der Waals surface area contributed by atoms with Crippen LogP contribution in [0.1, 0.15) is 5.56 Å². The van der Waals surface area contributed by atoms with Crippen LogP contribution in [0.5, 0.6) is 0 Å². The molecule has 0 radical (unpaired) electrons. The third-order valence-corrected chi connectivity index (χ3v) is 3.11. The highest BCUT2D eigenvalue weighted by Crippen LogP contribution is 2.26. The zero-order chi connectivity index (χ0) is 9.97. The third kappa shape index (κ3) is 1.71. The maximum atomic E-state index is 4.16. The van der Waals surface area contributed by atoms with Crippen molar-refractivity contribution in [3.8, 4) is 10.6 Å². The minimum Gasteiger partial charge on any atom is -0.316 e. The largest absolute Gasteiger partial charge is 0.316 e. The minimum absolute atomic E-state index is 0.925. The Hall–Kier alpha value is -1.13. The number of hydrogen-bond donors (Lipinski definition) is 1. The van der Waals surface area contributed by atoms with E-state index in [4.69, 9.17) is 0 Å². The van der Waals surface area contributed by atoms with Gasteiger partial charge in [0.2, 0.25) is 0 Å². The molecule has 0 saturated heterocycles. The van der Waals surface area contributed by atoms with Crippen molar-refractivity contribution < 1.29 is 0 Å². The van der Waals surface area contributed by atoms with Gasteiger partial charge >= 0.3 is 0 Å². The van der Waals surface area contributed by atoms with Crippen LogP contribution in [-0.2, 0) is 13.6 Å². The maximum absolute atomic E-state index is 4.16. The topological polar surface area (TPSA) is 29.9 Å². The summed E-state index contributed by atoms with van der Waals surface area (Å²) in [5.74, 6) is 0. The highest BCUT2D eigenvalue weighted by atomic mass is 32.1. The molecule has 2 heterocycles. The summed E-state index contributed by atoms with van der Waals surface area (Å²) in [7, 11) is 3.92. The SMILES string of the molecule is CNCc1csc(-c2ccnn2C)c1. The van der Waals surface area contributed by atoms with Crippen molar-refractivity contribution in [2.45, 2.75) is 6.54 Å². The van der Waals surface area contributed by atoms with E-state index in [-0.39, 0.29) is 0 Å². The normalized spacial score (nSPS) is 10.7. The average molecular weight is 207 g/mol. The monoisotopic (exact) mass is 207 g/mol. The van der Waals surface area contributed by atoms with E-state index in [2.05, 4.69) is 21.9 Å². The van der Waals surface area contributed by atoms with Crippen LogP contribution >= 0.6 is 11.3 Å². The van der Waals surface area contributed by atoms with Crippen molar-refractivity contribution >= 4 is 11.3 Å². The van der Waals surface area contributed by atoms with Gasteiger partial charge in [-0.2, -0.15) is 5.10 Å². The smallest absolute Gasteiger partial charge is 0.0778 e. The second-order valence-corrected chi connectivity index (χ2v) is 4.10. The van der Waals surface area contributed by atoms with Gasteiger partial charge in [0.25, 0.3) is 0 Å². The number of hydrogen-bond acceptors (Lipinski definition) is 3. The number of rotatable bonds is 3. The molecule has 0 aliphatic carbocycles. The Labute approximate surface area is 87.4 Å². The van der Waals surface area contributed by atoms with Crippen LogP contribution in [0.3, 0.4) is 0 Å². The predicted octanol–water partition coefficient (Wildman–Crippen LogP) is 1.87. The first-order valence-corrected chi connectivity index (χ1v) is 5.39. The zero-order valence-electron chi connectivity index (χ0n) is 8.32. The van der Waals surface area contributed by atoms with E-state index < -0.39 is 0 Å².